The monoisotopic (exact) mass is 223 g/mol. The lowest BCUT2D eigenvalue weighted by Gasteiger charge is -2.22. The maximum atomic E-state index is 8.61. The summed E-state index contributed by atoms with van der Waals surface area (Å²) in [6, 6.07) is 1.91. The Hall–Kier alpha value is -1.36. The van der Waals surface area contributed by atoms with Crippen molar-refractivity contribution < 1.29 is 9.94 Å². The fourth-order valence-electron chi connectivity index (χ4n) is 1.94. The molecule has 0 atom stereocenters. The van der Waals surface area contributed by atoms with E-state index in [1.807, 2.05) is 16.9 Å². The van der Waals surface area contributed by atoms with Gasteiger partial charge in [0.05, 0.1) is 25.0 Å². The third kappa shape index (κ3) is 3.06. The van der Waals surface area contributed by atoms with Gasteiger partial charge in [0.25, 0.3) is 0 Å². The molecule has 5 heteroatoms. The Labute approximate surface area is 94.7 Å². The van der Waals surface area contributed by atoms with Crippen molar-refractivity contribution in [3.63, 3.8) is 0 Å². The molecule has 0 bridgehead atoms. The van der Waals surface area contributed by atoms with Gasteiger partial charge in [-0.25, -0.2) is 0 Å². The van der Waals surface area contributed by atoms with Crippen LogP contribution in [0.15, 0.2) is 23.6 Å². The number of nitrogens with zero attached hydrogens (tertiary/aromatic N) is 3. The minimum Gasteiger partial charge on any atom is -0.411 e. The fraction of sp³-hybridized carbons (Fsp3) is 0.636. The van der Waals surface area contributed by atoms with Gasteiger partial charge in [0.1, 0.15) is 0 Å². The topological polar surface area (TPSA) is 59.6 Å². The van der Waals surface area contributed by atoms with Crippen LogP contribution in [0.4, 0.5) is 0 Å². The average Bonchev–Trinajstić information content (AvgIpc) is 2.83. The Morgan fingerprint density at radius 3 is 2.94 bits per heavy atom. The summed E-state index contributed by atoms with van der Waals surface area (Å²) in [5.41, 5.74) is 0.895. The van der Waals surface area contributed by atoms with E-state index in [0.717, 1.165) is 37.9 Å². The molecule has 5 nitrogen and oxygen atoms in total. The van der Waals surface area contributed by atoms with E-state index in [2.05, 4.69) is 10.3 Å². The highest BCUT2D eigenvalue weighted by Crippen LogP contribution is 2.18. The Morgan fingerprint density at radius 1 is 1.50 bits per heavy atom. The Balaban J connectivity index is 1.64. The van der Waals surface area contributed by atoms with Crippen LogP contribution in [0.2, 0.25) is 0 Å². The number of aromatic nitrogens is 2. The molecular weight excluding hydrogens is 206 g/mol. The van der Waals surface area contributed by atoms with Crippen molar-refractivity contribution in [2.24, 2.45) is 5.16 Å². The first-order chi connectivity index (χ1) is 7.88. The zero-order valence-electron chi connectivity index (χ0n) is 9.25. The highest BCUT2D eigenvalue weighted by molar-refractivity contribution is 5.84. The molecule has 0 amide bonds. The van der Waals surface area contributed by atoms with Gasteiger partial charge in [-0.3, -0.25) is 4.68 Å². The van der Waals surface area contributed by atoms with E-state index < -0.39 is 0 Å². The lowest BCUT2D eigenvalue weighted by molar-refractivity contribution is 0.0337. The van der Waals surface area contributed by atoms with Crippen LogP contribution in [-0.2, 0) is 11.3 Å². The zero-order valence-corrected chi connectivity index (χ0v) is 9.25. The zero-order chi connectivity index (χ0) is 11.2. The first kappa shape index (κ1) is 11.1. The van der Waals surface area contributed by atoms with Crippen LogP contribution >= 0.6 is 0 Å². The number of ether oxygens (including phenoxy) is 1. The number of hydrogen-bond acceptors (Lipinski definition) is 4. The van der Waals surface area contributed by atoms with Gasteiger partial charge in [-0.2, -0.15) is 5.10 Å². The molecule has 88 valence electrons. The molecule has 1 saturated carbocycles. The van der Waals surface area contributed by atoms with Gasteiger partial charge in [0.2, 0.25) is 0 Å². The SMILES string of the molecule is ON=C1CCC(OCCn2cccn2)CC1. The lowest BCUT2D eigenvalue weighted by atomic mass is 9.96. The molecule has 1 N–H and O–H groups in total. The molecule has 0 aliphatic heterocycles. The van der Waals surface area contributed by atoms with Crippen LogP contribution in [0.25, 0.3) is 0 Å². The van der Waals surface area contributed by atoms with Gasteiger partial charge in [0, 0.05) is 12.4 Å². The molecule has 16 heavy (non-hydrogen) atoms. The molecular formula is C11H17N3O2. The van der Waals surface area contributed by atoms with E-state index in [-0.39, 0.29) is 0 Å². The maximum absolute atomic E-state index is 8.61. The van der Waals surface area contributed by atoms with Crippen molar-refractivity contribution >= 4 is 5.71 Å². The second-order valence-corrected chi connectivity index (χ2v) is 4.01. The van der Waals surface area contributed by atoms with Crippen LogP contribution in [-0.4, -0.2) is 33.4 Å². The normalized spacial score (nSPS) is 21.0. The Bertz CT molecular complexity index is 325. The van der Waals surface area contributed by atoms with E-state index in [9.17, 15) is 0 Å². The van der Waals surface area contributed by atoms with E-state index in [1.165, 1.54) is 0 Å². The summed E-state index contributed by atoms with van der Waals surface area (Å²) in [6.45, 7) is 1.49. The van der Waals surface area contributed by atoms with E-state index >= 15 is 0 Å². The van der Waals surface area contributed by atoms with E-state index in [4.69, 9.17) is 9.94 Å². The summed E-state index contributed by atoms with van der Waals surface area (Å²) in [5.74, 6) is 0. The van der Waals surface area contributed by atoms with Crippen LogP contribution in [0, 0.1) is 0 Å². The molecule has 2 rings (SSSR count). The fourth-order valence-corrected chi connectivity index (χ4v) is 1.94. The summed E-state index contributed by atoms with van der Waals surface area (Å²) in [6.07, 6.45) is 7.62. The number of hydrogen-bond donors (Lipinski definition) is 1. The summed E-state index contributed by atoms with van der Waals surface area (Å²) >= 11 is 0. The van der Waals surface area contributed by atoms with Crippen molar-refractivity contribution in [2.45, 2.75) is 38.3 Å². The van der Waals surface area contributed by atoms with Crippen molar-refractivity contribution in [3.8, 4) is 0 Å². The third-order valence-electron chi connectivity index (χ3n) is 2.88. The average molecular weight is 223 g/mol. The number of oxime groups is 1. The summed E-state index contributed by atoms with van der Waals surface area (Å²) in [4.78, 5) is 0. The molecule has 1 heterocycles. The molecule has 0 spiro atoms. The molecule has 0 radical (unpaired) electrons. The van der Waals surface area contributed by atoms with Crippen molar-refractivity contribution in [1.82, 2.24) is 9.78 Å². The van der Waals surface area contributed by atoms with Crippen molar-refractivity contribution in [2.75, 3.05) is 6.61 Å². The van der Waals surface area contributed by atoms with Crippen LogP contribution in [0.3, 0.4) is 0 Å². The maximum Gasteiger partial charge on any atom is 0.0666 e. The minimum absolute atomic E-state index is 0.307. The lowest BCUT2D eigenvalue weighted by Crippen LogP contribution is -2.23. The van der Waals surface area contributed by atoms with Crippen LogP contribution < -0.4 is 0 Å². The van der Waals surface area contributed by atoms with E-state index in [1.54, 1.807) is 6.20 Å². The van der Waals surface area contributed by atoms with Gasteiger partial charge in [-0.1, -0.05) is 5.16 Å². The Kier molecular flexibility index (Phi) is 3.93. The second-order valence-electron chi connectivity index (χ2n) is 4.01. The standard InChI is InChI=1S/C11H17N3O2/c15-13-10-2-4-11(5-3-10)16-9-8-14-7-1-6-12-14/h1,6-7,11,15H,2-5,8-9H2. The summed E-state index contributed by atoms with van der Waals surface area (Å²) in [5, 5.41) is 16.0. The Morgan fingerprint density at radius 2 is 2.31 bits per heavy atom. The highest BCUT2D eigenvalue weighted by atomic mass is 16.5. The van der Waals surface area contributed by atoms with Crippen molar-refractivity contribution in [1.29, 1.82) is 0 Å². The summed E-state index contributed by atoms with van der Waals surface area (Å²) < 4.78 is 7.62. The molecule has 1 aliphatic rings. The highest BCUT2D eigenvalue weighted by Gasteiger charge is 2.18. The van der Waals surface area contributed by atoms with Gasteiger partial charge >= 0.3 is 0 Å². The predicted molar refractivity (Wildman–Crippen MR) is 59.7 cm³/mol. The van der Waals surface area contributed by atoms with Crippen molar-refractivity contribution in [3.05, 3.63) is 18.5 Å². The minimum atomic E-state index is 0.307. The van der Waals surface area contributed by atoms with Crippen LogP contribution in [0.5, 0.6) is 0 Å². The predicted octanol–water partition coefficient (Wildman–Crippen LogP) is 1.67. The third-order valence-corrected chi connectivity index (χ3v) is 2.88. The molecule has 0 saturated heterocycles. The second kappa shape index (κ2) is 5.65. The molecule has 1 fully saturated rings. The quantitative estimate of drug-likeness (QED) is 0.624. The number of rotatable bonds is 4. The first-order valence-corrected chi connectivity index (χ1v) is 5.67. The smallest absolute Gasteiger partial charge is 0.0666 e. The molecule has 0 aromatic carbocycles. The molecule has 0 unspecified atom stereocenters. The molecule has 1 aromatic rings. The van der Waals surface area contributed by atoms with E-state index in [0.29, 0.717) is 12.7 Å². The van der Waals surface area contributed by atoms with Gasteiger partial charge in [0.15, 0.2) is 0 Å². The molecule has 1 aliphatic carbocycles. The van der Waals surface area contributed by atoms with Gasteiger partial charge in [-0.05, 0) is 31.7 Å². The molecule has 1 aromatic heterocycles. The van der Waals surface area contributed by atoms with Gasteiger partial charge < -0.3 is 9.94 Å². The first-order valence-electron chi connectivity index (χ1n) is 5.67. The largest absolute Gasteiger partial charge is 0.411 e. The van der Waals surface area contributed by atoms with Crippen LogP contribution in [0.1, 0.15) is 25.7 Å². The summed E-state index contributed by atoms with van der Waals surface area (Å²) in [7, 11) is 0. The van der Waals surface area contributed by atoms with Gasteiger partial charge in [-0.15, -0.1) is 0 Å².